The molecule has 0 fully saturated rings. The molecule has 0 heterocycles. The number of rotatable bonds is 0. The minimum absolute atomic E-state index is 2.12. The molecule has 0 aliphatic heterocycles. The smallest absolute Gasteiger partial charge is 0 e. The van der Waals surface area contributed by atoms with Gasteiger partial charge in [-0.2, -0.15) is 0 Å². The van der Waals surface area contributed by atoms with E-state index in [2.05, 4.69) is 639 Å². The van der Waals surface area contributed by atoms with Crippen LogP contribution in [0.25, 0.3) is 0 Å². The van der Waals surface area contributed by atoms with Crippen molar-refractivity contribution in [2.24, 2.45) is 0 Å². The van der Waals surface area contributed by atoms with Crippen molar-refractivity contribution in [1.82, 2.24) is 0 Å². The third kappa shape index (κ3) is 83.8. The van der Waals surface area contributed by atoms with Crippen LogP contribution in [0.1, 0.15) is 0 Å². The second-order valence-corrected chi connectivity index (χ2v) is 13.5. The third-order valence-corrected chi connectivity index (χ3v) is 6.71. The van der Waals surface area contributed by atoms with Crippen LogP contribution < -0.4 is 0 Å². The molecule has 0 heteroatoms. The lowest BCUT2D eigenvalue weighted by atomic mass is 10.4. The second kappa shape index (κ2) is 84.8. The largest absolute Gasteiger partial charge is 0.106 e. The average molecular weight is 1320 g/mol. The molecule has 0 nitrogen and oxygen atoms in total. The minimum Gasteiger partial charge on any atom is -0.106 e. The van der Waals surface area contributed by atoms with Gasteiger partial charge in [-0.3, -0.25) is 0 Å². The summed E-state index contributed by atoms with van der Waals surface area (Å²) in [6.07, 6.45) is 9.91. The Kier molecular flexibility index (Phi) is 66.1. The molecule has 0 aromatic rings. The number of hydrogen-bond acceptors (Lipinski definition) is 0. The van der Waals surface area contributed by atoms with Gasteiger partial charge in [0.25, 0.3) is 0 Å². The summed E-state index contributed by atoms with van der Waals surface area (Å²) in [4.78, 5) is 0. The Labute approximate surface area is 647 Å². The van der Waals surface area contributed by atoms with Gasteiger partial charge in [0.2, 0.25) is 0 Å². The van der Waals surface area contributed by atoms with Crippen LogP contribution >= 0.6 is 0 Å². The van der Waals surface area contributed by atoms with Crippen molar-refractivity contribution in [2.75, 3.05) is 0 Å². The molecule has 0 unspecified atom stereocenters. The van der Waals surface area contributed by atoms with Crippen LogP contribution in [-0.4, -0.2) is 0 Å². The Morgan fingerprint density at radius 2 is 0.0727 bits per heavy atom. The van der Waals surface area contributed by atoms with Crippen LogP contribution in [0.5, 0.6) is 0 Å². The molecule has 442 valence electrons. The van der Waals surface area contributed by atoms with Crippen LogP contribution in [0.3, 0.4) is 0 Å². The fourth-order valence-electron chi connectivity index (χ4n) is 3.32. The van der Waals surface area contributed by atoms with Crippen LogP contribution in [0.15, 0.2) is 0 Å². The van der Waals surface area contributed by atoms with Gasteiger partial charge in [0.1, 0.15) is 0 Å². The molecule has 0 saturated heterocycles. The monoisotopic (exact) mass is 1320 g/mol. The maximum atomic E-state index is 4.95. The maximum Gasteiger partial charge on any atom is 0 e. The van der Waals surface area contributed by atoms with Gasteiger partial charge in [-0.1, -0.05) is 0 Å². The fraction of sp³-hybridized carbons (Fsp3) is 0. The SMILES string of the molecule is C#CC#CC#CC#CC#CC#CC#CC#CC#CC#CC#CC#CC#CC#CC#CC#CC#CC#CC#CC#CC#CC#CC#CC#CC#CC#CC#CC#CC#CC#CC#CC#CC#CC#CC#CC#CC#CC#CC#CC#CC#CC#CC#CC#CC#CC#CC#CC#CC#CC#CC#CC#CC#CC#CC#C. The summed E-state index contributed by atoms with van der Waals surface area (Å²) in [5.74, 6) is 268. The first-order chi connectivity index (χ1) is 54.9. The molecule has 0 spiro atoms. The highest BCUT2D eigenvalue weighted by Gasteiger charge is 1.68. The zero-order valence-corrected chi connectivity index (χ0v) is 55.2. The quantitative estimate of drug-likeness (QED) is 0.310. The highest BCUT2D eigenvalue weighted by molar-refractivity contribution is 5.57. The van der Waals surface area contributed by atoms with Crippen molar-refractivity contribution < 1.29 is 0 Å². The van der Waals surface area contributed by atoms with E-state index in [9.17, 15) is 0 Å². The van der Waals surface area contributed by atoms with Gasteiger partial charge in [0.05, 0.1) is 0 Å². The maximum absolute atomic E-state index is 4.95. The summed E-state index contributed by atoms with van der Waals surface area (Å²) in [5, 5.41) is 0. The lowest BCUT2D eigenvalue weighted by molar-refractivity contribution is 2.31. The van der Waals surface area contributed by atoms with Crippen LogP contribution in [0.4, 0.5) is 0 Å². The molecule has 0 amide bonds. The molecule has 0 N–H and O–H groups in total. The molecule has 0 aliphatic rings. The highest BCUT2D eigenvalue weighted by Crippen LogP contribution is 1.68. The van der Waals surface area contributed by atoms with E-state index >= 15 is 0 Å². The highest BCUT2D eigenvalue weighted by atomic mass is 13.7. The molecule has 0 saturated carbocycles. The van der Waals surface area contributed by atoms with E-state index in [-0.39, 0.29) is 0 Å². The van der Waals surface area contributed by atoms with Crippen LogP contribution in [-0.2, 0) is 0 Å². The van der Waals surface area contributed by atoms with Gasteiger partial charge < -0.3 is 0 Å². The normalized spacial score (nSPS) is 3.95. The lowest BCUT2D eigenvalue weighted by Crippen LogP contribution is -1.57. The zero-order chi connectivity index (χ0) is 78.4. The van der Waals surface area contributed by atoms with Crippen molar-refractivity contribution >= 4 is 0 Å². The van der Waals surface area contributed by atoms with Gasteiger partial charge in [0.15, 0.2) is 0 Å². The molecule has 0 aromatic heterocycles. The molecule has 0 atom stereocenters. The van der Waals surface area contributed by atoms with Crippen LogP contribution in [0.2, 0.25) is 0 Å². The van der Waals surface area contributed by atoms with Crippen molar-refractivity contribution in [3.05, 3.63) is 0 Å². The Morgan fingerprint density at radius 1 is 0.0455 bits per heavy atom. The Hall–Kier alpha value is -24.2. The van der Waals surface area contributed by atoms with Crippen molar-refractivity contribution in [1.29, 1.82) is 0 Å². The molecule has 0 bridgehead atoms. The summed E-state index contributed by atoms with van der Waals surface area (Å²) >= 11 is 0. The molecule has 0 rings (SSSR count). The molecule has 0 aromatic carbocycles. The average Bonchev–Trinajstić information content (AvgIpc) is 3.58. The molecule has 110 heavy (non-hydrogen) atoms. The minimum atomic E-state index is 2.12. The molecule has 0 aliphatic carbocycles. The molecule has 0 radical (unpaired) electrons. The molecular weight excluding hydrogens is 1320 g/mol. The van der Waals surface area contributed by atoms with Gasteiger partial charge in [-0.15, -0.1) is 12.8 Å². The van der Waals surface area contributed by atoms with E-state index in [0.717, 1.165) is 0 Å². The summed E-state index contributed by atoms with van der Waals surface area (Å²) in [6.45, 7) is 0. The lowest BCUT2D eigenvalue weighted by Gasteiger charge is -1.58. The standard InChI is InChI=1S/C110H2/c1-3-5-7-9-11-13-15-17-19-21-23-25-27-29-31-33-35-37-39-41-43-45-47-49-51-53-55-57-59-61-63-65-67-69-71-73-75-77-79-81-83-85-87-89-91-93-95-97-99-101-103-105-107-109-110-108-106-104-102-100-98-96-94-92-90-88-86-84-82-80-78-76-74-72-70-68-66-64-62-60-58-56-54-52-50-48-46-44-42-40-38-36-34-32-30-28-26-24-22-20-18-16-14-12-10-8-6-4-2/h1-2H. The van der Waals surface area contributed by atoms with Gasteiger partial charge in [-0.25, -0.2) is 0 Å². The van der Waals surface area contributed by atoms with Gasteiger partial charge >= 0.3 is 0 Å². The summed E-state index contributed by atoms with van der Waals surface area (Å²) in [7, 11) is 0. The third-order valence-electron chi connectivity index (χ3n) is 6.71. The van der Waals surface area contributed by atoms with E-state index in [1.54, 1.807) is 0 Å². The van der Waals surface area contributed by atoms with E-state index < -0.39 is 0 Å². The van der Waals surface area contributed by atoms with Gasteiger partial charge in [-0.05, 0) is 94.7 Å². The van der Waals surface area contributed by atoms with Crippen molar-refractivity contribution in [3.63, 3.8) is 0 Å². The number of terminal acetylenes is 2. The summed E-state index contributed by atoms with van der Waals surface area (Å²) in [6, 6.07) is 0. The Balaban J connectivity index is 4.64. The summed E-state index contributed by atoms with van der Waals surface area (Å²) in [5.41, 5.74) is 0. The first kappa shape index (κ1) is 85.8. The van der Waals surface area contributed by atoms with E-state index in [1.165, 1.54) is 0 Å². The zero-order valence-electron chi connectivity index (χ0n) is 55.2. The Bertz CT molecular complexity index is 7380. The van der Waals surface area contributed by atoms with E-state index in [4.69, 9.17) is 12.8 Å². The topological polar surface area (TPSA) is 0 Å². The first-order valence-electron chi connectivity index (χ1n) is 27.3. The first-order valence-corrected chi connectivity index (χ1v) is 27.3. The van der Waals surface area contributed by atoms with Gasteiger partial charge in [0, 0.05) is 545 Å². The fourth-order valence-corrected chi connectivity index (χ4v) is 3.32. The van der Waals surface area contributed by atoms with Crippen molar-refractivity contribution in [3.8, 4) is 652 Å². The predicted molar refractivity (Wildman–Crippen MR) is 430 cm³/mol. The summed E-state index contributed by atoms with van der Waals surface area (Å²) < 4.78 is 0. The van der Waals surface area contributed by atoms with Crippen LogP contribution in [0, 0.1) is 652 Å². The predicted octanol–water partition coefficient (Wildman–Crippen LogP) is 0.433. The van der Waals surface area contributed by atoms with E-state index in [1.807, 2.05) is 0 Å². The Morgan fingerprint density at radius 3 is 0.100 bits per heavy atom. The number of hydrogen-bond donors (Lipinski definition) is 0. The molecular formula is C110H2. The van der Waals surface area contributed by atoms with E-state index in [0.29, 0.717) is 0 Å². The second-order valence-electron chi connectivity index (χ2n) is 13.5. The van der Waals surface area contributed by atoms with Crippen molar-refractivity contribution in [2.45, 2.75) is 0 Å².